The first-order valence-corrected chi connectivity index (χ1v) is 5.22. The summed E-state index contributed by atoms with van der Waals surface area (Å²) in [4.78, 5) is 0. The van der Waals surface area contributed by atoms with Crippen molar-refractivity contribution in [3.05, 3.63) is 34.3 Å². The van der Waals surface area contributed by atoms with Gasteiger partial charge in [-0.15, -0.1) is 12.3 Å². The van der Waals surface area contributed by atoms with Gasteiger partial charge in [0.2, 0.25) is 0 Å². The fourth-order valence-electron chi connectivity index (χ4n) is 1.59. The fraction of sp³-hybridized carbons (Fsp3) is 0.333. The molecule has 1 unspecified atom stereocenters. The van der Waals surface area contributed by atoms with Crippen molar-refractivity contribution in [1.29, 1.82) is 0 Å². The van der Waals surface area contributed by atoms with Crippen molar-refractivity contribution in [3.63, 3.8) is 0 Å². The van der Waals surface area contributed by atoms with Gasteiger partial charge in [0, 0.05) is 17.5 Å². The van der Waals surface area contributed by atoms with Crippen LogP contribution < -0.4 is 11.3 Å². The number of rotatable bonds is 4. The average Bonchev–Trinajstić information content (AvgIpc) is 2.21. The fourth-order valence-corrected chi connectivity index (χ4v) is 1.81. The molecule has 0 saturated heterocycles. The van der Waals surface area contributed by atoms with E-state index in [4.69, 9.17) is 23.9 Å². The van der Waals surface area contributed by atoms with Crippen LogP contribution in [0.25, 0.3) is 0 Å². The molecule has 3 N–H and O–H groups in total. The first kappa shape index (κ1) is 12.1. The van der Waals surface area contributed by atoms with Crippen LogP contribution in [0, 0.1) is 19.3 Å². The number of hydrogen-bond donors (Lipinski definition) is 2. The van der Waals surface area contributed by atoms with Gasteiger partial charge in [-0.2, -0.15) is 0 Å². The number of hydrogen-bond acceptors (Lipinski definition) is 2. The lowest BCUT2D eigenvalue weighted by Crippen LogP contribution is -2.28. The van der Waals surface area contributed by atoms with Gasteiger partial charge in [-0.25, -0.2) is 0 Å². The van der Waals surface area contributed by atoms with Crippen LogP contribution in [0.15, 0.2) is 18.2 Å². The average molecular weight is 223 g/mol. The number of nitrogens with two attached hydrogens (primary N) is 1. The van der Waals surface area contributed by atoms with Gasteiger partial charge in [0.15, 0.2) is 0 Å². The van der Waals surface area contributed by atoms with E-state index in [1.807, 2.05) is 25.1 Å². The molecule has 0 amide bonds. The molecule has 1 aromatic carbocycles. The predicted octanol–water partition coefficient (Wildman–Crippen LogP) is 2.57. The molecule has 3 heteroatoms. The molecular formula is C12H15ClN2. The van der Waals surface area contributed by atoms with Gasteiger partial charge in [0.25, 0.3) is 0 Å². The zero-order chi connectivity index (χ0) is 11.3. The van der Waals surface area contributed by atoms with E-state index >= 15 is 0 Å². The maximum Gasteiger partial charge on any atom is 0.0471 e. The molecule has 0 spiro atoms. The Bertz CT molecular complexity index is 368. The number of terminal acetylenes is 1. The molecule has 1 rings (SSSR count). The maximum absolute atomic E-state index is 5.89. The lowest BCUT2D eigenvalue weighted by molar-refractivity contribution is 0.521. The lowest BCUT2D eigenvalue weighted by Gasteiger charge is -2.17. The van der Waals surface area contributed by atoms with Crippen LogP contribution in [0.4, 0.5) is 0 Å². The number of aryl methyl sites for hydroxylation is 1. The van der Waals surface area contributed by atoms with Crippen molar-refractivity contribution in [3.8, 4) is 12.3 Å². The third-order valence-electron chi connectivity index (χ3n) is 2.39. The molecule has 0 radical (unpaired) electrons. The first-order valence-electron chi connectivity index (χ1n) is 4.84. The summed E-state index contributed by atoms with van der Waals surface area (Å²) in [6, 6.07) is 5.87. The highest BCUT2D eigenvalue weighted by atomic mass is 35.5. The van der Waals surface area contributed by atoms with Crippen LogP contribution in [0.2, 0.25) is 5.02 Å². The van der Waals surface area contributed by atoms with E-state index < -0.39 is 0 Å². The third kappa shape index (κ3) is 3.24. The number of hydrazine groups is 1. The molecule has 1 aromatic rings. The summed E-state index contributed by atoms with van der Waals surface area (Å²) in [5.74, 6) is 8.11. The van der Waals surface area contributed by atoms with Gasteiger partial charge in [0.05, 0.1) is 0 Å². The summed E-state index contributed by atoms with van der Waals surface area (Å²) in [6.45, 7) is 2.02. The van der Waals surface area contributed by atoms with Gasteiger partial charge in [-0.05, 0) is 36.6 Å². The van der Waals surface area contributed by atoms with Crippen molar-refractivity contribution in [2.45, 2.75) is 25.8 Å². The Labute approximate surface area is 95.8 Å². The molecule has 0 aliphatic carbocycles. The highest BCUT2D eigenvalue weighted by molar-refractivity contribution is 6.30. The van der Waals surface area contributed by atoms with E-state index in [2.05, 4.69) is 11.3 Å². The molecule has 0 fully saturated rings. The lowest BCUT2D eigenvalue weighted by atomic mass is 9.98. The van der Waals surface area contributed by atoms with E-state index in [-0.39, 0.29) is 6.04 Å². The smallest absolute Gasteiger partial charge is 0.0471 e. The highest BCUT2D eigenvalue weighted by Gasteiger charge is 2.11. The molecule has 80 valence electrons. The molecule has 0 heterocycles. The van der Waals surface area contributed by atoms with Gasteiger partial charge >= 0.3 is 0 Å². The standard InChI is InChI=1S/C12H15ClN2/c1-3-4-5-12(15-14)11-7-6-10(13)8-9(11)2/h1,6-8,12,15H,4-5,14H2,2H3. The third-order valence-corrected chi connectivity index (χ3v) is 2.62. The Balaban J connectivity index is 2.87. The van der Waals surface area contributed by atoms with E-state index in [1.165, 1.54) is 0 Å². The van der Waals surface area contributed by atoms with Crippen LogP contribution in [-0.4, -0.2) is 0 Å². The number of halogens is 1. The summed E-state index contributed by atoms with van der Waals surface area (Å²) in [6.07, 6.45) is 6.77. The normalized spacial score (nSPS) is 12.1. The second kappa shape index (κ2) is 5.77. The van der Waals surface area contributed by atoms with Crippen LogP contribution in [0.3, 0.4) is 0 Å². The minimum absolute atomic E-state index is 0.0957. The maximum atomic E-state index is 5.89. The van der Waals surface area contributed by atoms with E-state index in [1.54, 1.807) is 0 Å². The zero-order valence-electron chi connectivity index (χ0n) is 8.76. The molecule has 15 heavy (non-hydrogen) atoms. The molecule has 0 bridgehead atoms. The van der Waals surface area contributed by atoms with Crippen molar-refractivity contribution < 1.29 is 0 Å². The van der Waals surface area contributed by atoms with Crippen LogP contribution in [-0.2, 0) is 0 Å². The molecule has 0 saturated carbocycles. The van der Waals surface area contributed by atoms with E-state index in [0.717, 1.165) is 22.6 Å². The number of nitrogens with one attached hydrogen (secondary N) is 1. The molecule has 0 aliphatic heterocycles. The Kier molecular flexibility index (Phi) is 4.64. The number of benzene rings is 1. The monoisotopic (exact) mass is 222 g/mol. The molecular weight excluding hydrogens is 208 g/mol. The minimum Gasteiger partial charge on any atom is -0.271 e. The van der Waals surface area contributed by atoms with E-state index in [9.17, 15) is 0 Å². The summed E-state index contributed by atoms with van der Waals surface area (Å²) in [5, 5.41) is 0.740. The largest absolute Gasteiger partial charge is 0.271 e. The van der Waals surface area contributed by atoms with Crippen LogP contribution in [0.5, 0.6) is 0 Å². The Morgan fingerprint density at radius 3 is 2.87 bits per heavy atom. The quantitative estimate of drug-likeness (QED) is 0.467. The van der Waals surface area contributed by atoms with Gasteiger partial charge in [0.1, 0.15) is 0 Å². The second-order valence-electron chi connectivity index (χ2n) is 3.46. The zero-order valence-corrected chi connectivity index (χ0v) is 9.51. The first-order chi connectivity index (χ1) is 7.19. The van der Waals surface area contributed by atoms with Crippen molar-refractivity contribution >= 4 is 11.6 Å². The summed E-state index contributed by atoms with van der Waals surface area (Å²) in [7, 11) is 0. The topological polar surface area (TPSA) is 38.0 Å². The van der Waals surface area contributed by atoms with Crippen molar-refractivity contribution in [2.75, 3.05) is 0 Å². The van der Waals surface area contributed by atoms with E-state index in [0.29, 0.717) is 6.42 Å². The minimum atomic E-state index is 0.0957. The molecule has 0 aromatic heterocycles. The second-order valence-corrected chi connectivity index (χ2v) is 3.90. The Morgan fingerprint density at radius 2 is 2.33 bits per heavy atom. The van der Waals surface area contributed by atoms with Crippen LogP contribution in [0.1, 0.15) is 30.0 Å². The van der Waals surface area contributed by atoms with Gasteiger partial charge < -0.3 is 0 Å². The molecule has 1 atom stereocenters. The van der Waals surface area contributed by atoms with Crippen LogP contribution >= 0.6 is 11.6 Å². The van der Waals surface area contributed by atoms with Gasteiger partial charge in [-0.1, -0.05) is 17.7 Å². The molecule has 2 nitrogen and oxygen atoms in total. The van der Waals surface area contributed by atoms with Crippen molar-refractivity contribution in [2.24, 2.45) is 5.84 Å². The predicted molar refractivity (Wildman–Crippen MR) is 64.3 cm³/mol. The Hall–Kier alpha value is -1.01. The Morgan fingerprint density at radius 1 is 1.60 bits per heavy atom. The summed E-state index contributed by atoms with van der Waals surface area (Å²) >= 11 is 5.89. The van der Waals surface area contributed by atoms with Crippen molar-refractivity contribution in [1.82, 2.24) is 5.43 Å². The van der Waals surface area contributed by atoms with Gasteiger partial charge in [-0.3, -0.25) is 11.3 Å². The summed E-state index contributed by atoms with van der Waals surface area (Å²) in [5.41, 5.74) is 5.05. The SMILES string of the molecule is C#CCCC(NN)c1ccc(Cl)cc1C. The highest BCUT2D eigenvalue weighted by Crippen LogP contribution is 2.23. The molecule has 0 aliphatic rings. The summed E-state index contributed by atoms with van der Waals surface area (Å²) < 4.78 is 0.